The van der Waals surface area contributed by atoms with Crippen molar-refractivity contribution in [3.8, 4) is 0 Å². The van der Waals surface area contributed by atoms with Crippen LogP contribution in [-0.2, 0) is 18.9 Å². The second-order valence-corrected chi connectivity index (χ2v) is 11.0. The SMILES string of the molecule is CC(C)OC(CC[Si]CCC[Si]CCC(OC(C)C)OC(C)C)OC(C)C. The molecule has 0 aromatic carbocycles. The van der Waals surface area contributed by atoms with Crippen LogP contribution in [0.1, 0.15) is 74.7 Å². The van der Waals surface area contributed by atoms with Crippen molar-refractivity contribution in [2.24, 2.45) is 0 Å². The fourth-order valence-corrected chi connectivity index (χ4v) is 5.17. The Balaban J connectivity index is 3.72. The number of rotatable bonds is 18. The van der Waals surface area contributed by atoms with Crippen LogP contribution in [0.3, 0.4) is 0 Å². The van der Waals surface area contributed by atoms with Crippen molar-refractivity contribution in [1.29, 1.82) is 0 Å². The van der Waals surface area contributed by atoms with E-state index in [0.29, 0.717) is 0 Å². The van der Waals surface area contributed by atoms with Crippen LogP contribution in [0, 0.1) is 0 Å². The largest absolute Gasteiger partial charge is 0.350 e. The summed E-state index contributed by atoms with van der Waals surface area (Å²) in [6.45, 7) is 16.6. The predicted molar refractivity (Wildman–Crippen MR) is 117 cm³/mol. The zero-order chi connectivity index (χ0) is 20.7. The molecule has 0 aromatic rings. The van der Waals surface area contributed by atoms with Crippen LogP contribution in [0.4, 0.5) is 0 Å². The van der Waals surface area contributed by atoms with Crippen molar-refractivity contribution in [3.63, 3.8) is 0 Å². The Bertz CT molecular complexity index is 275. The molecule has 6 heteroatoms. The molecule has 4 nitrogen and oxygen atoms in total. The van der Waals surface area contributed by atoms with E-state index in [1.165, 1.54) is 30.6 Å². The third kappa shape index (κ3) is 19.4. The van der Waals surface area contributed by atoms with Gasteiger partial charge in [-0.25, -0.2) is 0 Å². The first kappa shape index (κ1) is 27.3. The monoisotopic (exact) mass is 416 g/mol. The Labute approximate surface area is 174 Å². The van der Waals surface area contributed by atoms with Crippen molar-refractivity contribution in [1.82, 2.24) is 0 Å². The van der Waals surface area contributed by atoms with E-state index in [1.807, 2.05) is 0 Å². The summed E-state index contributed by atoms with van der Waals surface area (Å²) in [6, 6.07) is 5.08. The van der Waals surface area contributed by atoms with Gasteiger partial charge in [-0.1, -0.05) is 30.6 Å². The third-order valence-electron chi connectivity index (χ3n) is 3.52. The van der Waals surface area contributed by atoms with Crippen molar-refractivity contribution in [2.45, 2.75) is 136 Å². The molecule has 0 saturated heterocycles. The minimum Gasteiger partial charge on any atom is -0.350 e. The van der Waals surface area contributed by atoms with E-state index in [1.54, 1.807) is 0 Å². The van der Waals surface area contributed by atoms with Crippen LogP contribution in [0.25, 0.3) is 0 Å². The molecule has 0 heterocycles. The second-order valence-electron chi connectivity index (χ2n) is 8.03. The van der Waals surface area contributed by atoms with Gasteiger partial charge in [-0.05, 0) is 68.2 Å². The smallest absolute Gasteiger partial charge is 0.157 e. The molecular weight excluding hydrogens is 372 g/mol. The number of ether oxygens (including phenoxy) is 4. The summed E-state index contributed by atoms with van der Waals surface area (Å²) < 4.78 is 23.4. The Kier molecular flexibility index (Phi) is 17.3. The summed E-state index contributed by atoms with van der Waals surface area (Å²) in [5, 5.41) is 0. The lowest BCUT2D eigenvalue weighted by atomic mass is 10.4. The quantitative estimate of drug-likeness (QED) is 0.166. The van der Waals surface area contributed by atoms with Crippen molar-refractivity contribution < 1.29 is 18.9 Å². The van der Waals surface area contributed by atoms with Crippen molar-refractivity contribution in [3.05, 3.63) is 0 Å². The number of hydrogen-bond acceptors (Lipinski definition) is 4. The molecule has 0 N–H and O–H groups in total. The van der Waals surface area contributed by atoms with Gasteiger partial charge in [0.05, 0.1) is 24.4 Å². The summed E-state index contributed by atoms with van der Waals surface area (Å²) in [6.07, 6.45) is 4.16. The zero-order valence-corrected chi connectivity index (χ0v) is 21.0. The van der Waals surface area contributed by atoms with E-state index < -0.39 is 0 Å². The maximum absolute atomic E-state index is 5.86. The molecule has 0 unspecified atom stereocenters. The topological polar surface area (TPSA) is 36.9 Å². The third-order valence-corrected chi connectivity index (χ3v) is 6.22. The van der Waals surface area contributed by atoms with Gasteiger partial charge < -0.3 is 18.9 Å². The highest BCUT2D eigenvalue weighted by Gasteiger charge is 2.14. The fraction of sp³-hybridized carbons (Fsp3) is 1.00. The zero-order valence-electron chi connectivity index (χ0n) is 19.0. The van der Waals surface area contributed by atoms with E-state index in [0.717, 1.165) is 31.9 Å². The minimum atomic E-state index is -0.0433. The van der Waals surface area contributed by atoms with Gasteiger partial charge in [-0.3, -0.25) is 0 Å². The fourth-order valence-electron chi connectivity index (χ4n) is 2.58. The molecule has 0 saturated carbocycles. The normalized spacial score (nSPS) is 12.7. The van der Waals surface area contributed by atoms with Gasteiger partial charge in [0, 0.05) is 19.0 Å². The molecule has 0 fully saturated rings. The van der Waals surface area contributed by atoms with Crippen molar-refractivity contribution in [2.75, 3.05) is 0 Å². The van der Waals surface area contributed by atoms with Crippen molar-refractivity contribution >= 4 is 19.0 Å². The van der Waals surface area contributed by atoms with Gasteiger partial charge in [0.25, 0.3) is 0 Å². The molecule has 0 aliphatic rings. The summed E-state index contributed by atoms with van der Waals surface area (Å²) in [5.41, 5.74) is 0. The van der Waals surface area contributed by atoms with Crippen LogP contribution in [0.2, 0.25) is 24.2 Å². The molecule has 27 heavy (non-hydrogen) atoms. The molecule has 0 amide bonds. The first-order valence-electron chi connectivity index (χ1n) is 10.7. The minimum absolute atomic E-state index is 0.0433. The number of hydrogen-bond donors (Lipinski definition) is 0. The van der Waals surface area contributed by atoms with Gasteiger partial charge in [0.2, 0.25) is 0 Å². The molecule has 0 bridgehead atoms. The highest BCUT2D eigenvalue weighted by Crippen LogP contribution is 2.13. The van der Waals surface area contributed by atoms with Crippen LogP contribution in [-0.4, -0.2) is 56.0 Å². The molecule has 0 aliphatic carbocycles. The lowest BCUT2D eigenvalue weighted by molar-refractivity contribution is -0.181. The molecular formula is C21H44O4Si2. The first-order valence-corrected chi connectivity index (χ1v) is 13.6. The molecule has 0 aromatic heterocycles. The molecule has 0 spiro atoms. The van der Waals surface area contributed by atoms with E-state index >= 15 is 0 Å². The van der Waals surface area contributed by atoms with Gasteiger partial charge in [0.15, 0.2) is 12.6 Å². The molecule has 160 valence electrons. The van der Waals surface area contributed by atoms with Gasteiger partial charge in [-0.15, -0.1) is 0 Å². The standard InChI is InChI=1S/C21H44O4Si2/c1-16(2)22-20(23-17(3)4)10-14-26-12-9-13-27-15-11-21(24-18(5)6)25-19(7)8/h16-21H,9-15H2,1-8H3. The Morgan fingerprint density at radius 3 is 1.04 bits per heavy atom. The highest BCUT2D eigenvalue weighted by atomic mass is 28.2. The van der Waals surface area contributed by atoms with Gasteiger partial charge in [0.1, 0.15) is 0 Å². The van der Waals surface area contributed by atoms with E-state index in [2.05, 4.69) is 55.4 Å². The molecule has 0 atom stereocenters. The Hall–Kier alpha value is 0.274. The van der Waals surface area contributed by atoms with Crippen LogP contribution < -0.4 is 0 Å². The second kappa shape index (κ2) is 17.2. The molecule has 0 rings (SSSR count). The Morgan fingerprint density at radius 1 is 0.481 bits per heavy atom. The Morgan fingerprint density at radius 2 is 0.778 bits per heavy atom. The summed E-state index contributed by atoms with van der Waals surface area (Å²) in [7, 11) is 2.03. The van der Waals surface area contributed by atoms with E-state index in [-0.39, 0.29) is 37.0 Å². The van der Waals surface area contributed by atoms with Gasteiger partial charge >= 0.3 is 0 Å². The highest BCUT2D eigenvalue weighted by molar-refractivity contribution is 6.37. The van der Waals surface area contributed by atoms with E-state index in [9.17, 15) is 0 Å². The maximum atomic E-state index is 5.86. The van der Waals surface area contributed by atoms with Crippen LogP contribution >= 0.6 is 0 Å². The van der Waals surface area contributed by atoms with Crippen LogP contribution in [0.15, 0.2) is 0 Å². The van der Waals surface area contributed by atoms with E-state index in [4.69, 9.17) is 18.9 Å². The molecule has 0 aliphatic heterocycles. The average molecular weight is 417 g/mol. The first-order chi connectivity index (χ1) is 12.7. The summed E-state index contributed by atoms with van der Waals surface area (Å²) in [4.78, 5) is 0. The lowest BCUT2D eigenvalue weighted by Crippen LogP contribution is -2.25. The van der Waals surface area contributed by atoms with Crippen LogP contribution in [0.5, 0.6) is 0 Å². The lowest BCUT2D eigenvalue weighted by Gasteiger charge is -2.23. The summed E-state index contributed by atoms with van der Waals surface area (Å²) >= 11 is 0. The predicted octanol–water partition coefficient (Wildman–Crippen LogP) is 5.59. The summed E-state index contributed by atoms with van der Waals surface area (Å²) in [5.74, 6) is 0. The maximum Gasteiger partial charge on any atom is 0.157 e. The average Bonchev–Trinajstić information content (AvgIpc) is 2.50. The molecule has 4 radical (unpaired) electrons. The van der Waals surface area contributed by atoms with Gasteiger partial charge in [-0.2, -0.15) is 0 Å².